The predicted octanol–water partition coefficient (Wildman–Crippen LogP) is 4.19. The first-order valence-corrected chi connectivity index (χ1v) is 8.89. The van der Waals surface area contributed by atoms with Crippen molar-refractivity contribution in [1.29, 1.82) is 0 Å². The van der Waals surface area contributed by atoms with Crippen LogP contribution in [0.1, 0.15) is 11.4 Å². The van der Waals surface area contributed by atoms with Crippen LogP contribution in [-0.4, -0.2) is 33.4 Å². The van der Waals surface area contributed by atoms with Crippen molar-refractivity contribution in [1.82, 2.24) is 20.2 Å². The zero-order chi connectivity index (χ0) is 17.8. The maximum absolute atomic E-state index is 5.93. The molecular formula is C17H17BrClN5O. The summed E-state index contributed by atoms with van der Waals surface area (Å²) >= 11 is 9.36. The molecule has 0 aliphatic heterocycles. The highest BCUT2D eigenvalue weighted by molar-refractivity contribution is 9.10. The largest absolute Gasteiger partial charge is 0.491 e. The van der Waals surface area contributed by atoms with Gasteiger partial charge in [0.2, 0.25) is 0 Å². The van der Waals surface area contributed by atoms with Crippen LogP contribution in [0.5, 0.6) is 5.75 Å². The van der Waals surface area contributed by atoms with Gasteiger partial charge in [-0.1, -0.05) is 17.7 Å². The lowest BCUT2D eigenvalue weighted by atomic mass is 10.2. The van der Waals surface area contributed by atoms with Crippen molar-refractivity contribution in [3.05, 3.63) is 57.3 Å². The number of anilines is 1. The molecule has 0 atom stereocenters. The smallest absolute Gasteiger partial charge is 0.153 e. The Balaban J connectivity index is 1.61. The van der Waals surface area contributed by atoms with E-state index in [-0.39, 0.29) is 0 Å². The lowest BCUT2D eigenvalue weighted by molar-refractivity contribution is 0.331. The molecule has 0 amide bonds. The molecular weight excluding hydrogens is 406 g/mol. The molecule has 1 aromatic heterocycles. The van der Waals surface area contributed by atoms with Gasteiger partial charge in [-0.15, -0.1) is 5.10 Å². The summed E-state index contributed by atoms with van der Waals surface area (Å²) in [6.45, 7) is 5.08. The van der Waals surface area contributed by atoms with Crippen molar-refractivity contribution < 1.29 is 4.74 Å². The van der Waals surface area contributed by atoms with Gasteiger partial charge in [0.1, 0.15) is 12.4 Å². The fourth-order valence-corrected chi connectivity index (χ4v) is 3.15. The number of halogens is 2. The maximum atomic E-state index is 5.93. The normalized spacial score (nSPS) is 10.7. The van der Waals surface area contributed by atoms with Crippen LogP contribution < -0.4 is 10.1 Å². The summed E-state index contributed by atoms with van der Waals surface area (Å²) in [5, 5.41) is 15.7. The van der Waals surface area contributed by atoms with Crippen molar-refractivity contribution in [3.8, 4) is 11.4 Å². The molecule has 0 aliphatic carbocycles. The topological polar surface area (TPSA) is 64.9 Å². The molecule has 2 aromatic carbocycles. The number of aromatic nitrogens is 4. The number of tetrazole rings is 1. The molecule has 1 N–H and O–H groups in total. The van der Waals surface area contributed by atoms with Crippen molar-refractivity contribution in [2.24, 2.45) is 0 Å². The Morgan fingerprint density at radius 1 is 1.20 bits per heavy atom. The third kappa shape index (κ3) is 4.29. The maximum Gasteiger partial charge on any atom is 0.153 e. The molecule has 0 aliphatic rings. The van der Waals surface area contributed by atoms with E-state index >= 15 is 0 Å². The quantitative estimate of drug-likeness (QED) is 0.604. The van der Waals surface area contributed by atoms with Crippen molar-refractivity contribution in [2.75, 3.05) is 18.5 Å². The van der Waals surface area contributed by atoms with Crippen LogP contribution in [0.2, 0.25) is 5.02 Å². The van der Waals surface area contributed by atoms with E-state index in [2.05, 4.69) is 36.8 Å². The Bertz CT molecular complexity index is 883. The van der Waals surface area contributed by atoms with E-state index in [1.54, 1.807) is 10.7 Å². The molecule has 0 spiro atoms. The first kappa shape index (κ1) is 17.7. The molecule has 0 unspecified atom stereocenters. The first-order valence-electron chi connectivity index (χ1n) is 7.72. The minimum Gasteiger partial charge on any atom is -0.491 e. The number of benzene rings is 2. The zero-order valence-corrected chi connectivity index (χ0v) is 16.2. The van der Waals surface area contributed by atoms with Crippen molar-refractivity contribution in [2.45, 2.75) is 13.8 Å². The summed E-state index contributed by atoms with van der Waals surface area (Å²) in [4.78, 5) is 0. The minimum atomic E-state index is 0.521. The summed E-state index contributed by atoms with van der Waals surface area (Å²) in [5.74, 6) is 1.51. The number of nitrogens with zero attached hydrogens (tertiary/aromatic N) is 4. The number of nitrogens with one attached hydrogen (secondary N) is 1. The molecule has 0 radical (unpaired) electrons. The second-order valence-electron chi connectivity index (χ2n) is 5.49. The number of hydrogen-bond donors (Lipinski definition) is 1. The second-order valence-corrected chi connectivity index (χ2v) is 6.78. The summed E-state index contributed by atoms with van der Waals surface area (Å²) in [6.07, 6.45) is 0. The zero-order valence-electron chi connectivity index (χ0n) is 13.8. The average molecular weight is 423 g/mol. The summed E-state index contributed by atoms with van der Waals surface area (Å²) in [6, 6.07) is 11.5. The SMILES string of the molecule is Cc1ccc(NCCOc2ccc(Cl)cc2Br)cc1-n1nnnc1C. The van der Waals surface area contributed by atoms with Crippen LogP contribution in [0.3, 0.4) is 0 Å². The first-order chi connectivity index (χ1) is 12.0. The van der Waals surface area contributed by atoms with Gasteiger partial charge in [-0.25, -0.2) is 0 Å². The second kappa shape index (κ2) is 7.84. The van der Waals surface area contributed by atoms with E-state index in [4.69, 9.17) is 16.3 Å². The van der Waals surface area contributed by atoms with Gasteiger partial charge in [-0.05, 0) is 76.1 Å². The molecule has 0 fully saturated rings. The molecule has 0 saturated carbocycles. The molecule has 3 aromatic rings. The summed E-state index contributed by atoms with van der Waals surface area (Å²) in [5.41, 5.74) is 3.03. The Labute approximate surface area is 159 Å². The van der Waals surface area contributed by atoms with Crippen LogP contribution in [0.15, 0.2) is 40.9 Å². The highest BCUT2D eigenvalue weighted by Crippen LogP contribution is 2.28. The molecule has 3 rings (SSSR count). The number of rotatable bonds is 6. The van der Waals surface area contributed by atoms with E-state index in [0.29, 0.717) is 18.2 Å². The van der Waals surface area contributed by atoms with E-state index in [1.165, 1.54) is 0 Å². The Morgan fingerprint density at radius 2 is 2.04 bits per heavy atom. The van der Waals surface area contributed by atoms with Crippen LogP contribution in [0.4, 0.5) is 5.69 Å². The molecule has 6 nitrogen and oxygen atoms in total. The molecule has 130 valence electrons. The highest BCUT2D eigenvalue weighted by Gasteiger charge is 2.08. The Hall–Kier alpha value is -2.12. The standard InChI is InChI=1S/C17H17BrClN5O/c1-11-3-5-14(10-16(11)24-12(2)21-22-23-24)20-7-8-25-17-6-4-13(19)9-15(17)18/h3-6,9-10,20H,7-8H2,1-2H3. The molecule has 1 heterocycles. The van der Waals surface area contributed by atoms with Gasteiger partial charge in [-0.3, -0.25) is 0 Å². The molecule has 0 bridgehead atoms. The van der Waals surface area contributed by atoms with Crippen LogP contribution in [0.25, 0.3) is 5.69 Å². The highest BCUT2D eigenvalue weighted by atomic mass is 79.9. The molecule has 25 heavy (non-hydrogen) atoms. The van der Waals surface area contributed by atoms with Crippen molar-refractivity contribution in [3.63, 3.8) is 0 Å². The van der Waals surface area contributed by atoms with E-state index in [0.717, 1.165) is 33.0 Å². The lowest BCUT2D eigenvalue weighted by Gasteiger charge is -2.12. The Kier molecular flexibility index (Phi) is 5.55. The molecule has 0 saturated heterocycles. The lowest BCUT2D eigenvalue weighted by Crippen LogP contribution is -2.12. The van der Waals surface area contributed by atoms with E-state index in [9.17, 15) is 0 Å². The monoisotopic (exact) mass is 421 g/mol. The van der Waals surface area contributed by atoms with Gasteiger partial charge in [-0.2, -0.15) is 4.68 Å². The van der Waals surface area contributed by atoms with E-state index in [1.807, 2.05) is 44.2 Å². The third-order valence-corrected chi connectivity index (χ3v) is 4.50. The van der Waals surface area contributed by atoms with Gasteiger partial charge in [0.25, 0.3) is 0 Å². The third-order valence-electron chi connectivity index (χ3n) is 3.65. The van der Waals surface area contributed by atoms with Gasteiger partial charge in [0, 0.05) is 17.3 Å². The van der Waals surface area contributed by atoms with Gasteiger partial charge >= 0.3 is 0 Å². The fraction of sp³-hybridized carbons (Fsp3) is 0.235. The number of aryl methyl sites for hydroxylation is 2. The van der Waals surface area contributed by atoms with Gasteiger partial charge < -0.3 is 10.1 Å². The number of hydrogen-bond acceptors (Lipinski definition) is 5. The predicted molar refractivity (Wildman–Crippen MR) is 102 cm³/mol. The summed E-state index contributed by atoms with van der Waals surface area (Å²) in [7, 11) is 0. The average Bonchev–Trinajstić information content (AvgIpc) is 3.00. The van der Waals surface area contributed by atoms with Crippen LogP contribution in [-0.2, 0) is 0 Å². The number of ether oxygens (including phenoxy) is 1. The van der Waals surface area contributed by atoms with Gasteiger partial charge in [0.05, 0.1) is 10.2 Å². The van der Waals surface area contributed by atoms with Crippen LogP contribution >= 0.6 is 27.5 Å². The molecule has 8 heteroatoms. The van der Waals surface area contributed by atoms with E-state index < -0.39 is 0 Å². The van der Waals surface area contributed by atoms with Crippen molar-refractivity contribution >= 4 is 33.2 Å². The Morgan fingerprint density at radius 3 is 2.76 bits per heavy atom. The fourth-order valence-electron chi connectivity index (χ4n) is 2.35. The van der Waals surface area contributed by atoms with Crippen LogP contribution in [0, 0.1) is 13.8 Å². The summed E-state index contributed by atoms with van der Waals surface area (Å²) < 4.78 is 8.32. The van der Waals surface area contributed by atoms with Gasteiger partial charge in [0.15, 0.2) is 5.82 Å². The minimum absolute atomic E-state index is 0.521.